The summed E-state index contributed by atoms with van der Waals surface area (Å²) < 4.78 is 11.0. The monoisotopic (exact) mass is 396 g/mol. The Labute approximate surface area is 174 Å². The van der Waals surface area contributed by atoms with Gasteiger partial charge in [-0.1, -0.05) is 24.3 Å². The number of ether oxygens (including phenoxy) is 2. The third kappa shape index (κ3) is 4.38. The Morgan fingerprint density at radius 3 is 2.55 bits per heavy atom. The summed E-state index contributed by atoms with van der Waals surface area (Å²) in [4.78, 5) is 9.15. The summed E-state index contributed by atoms with van der Waals surface area (Å²) in [6.07, 6.45) is 1.78. The Bertz CT molecular complexity index is 895. The van der Waals surface area contributed by atoms with E-state index in [2.05, 4.69) is 67.4 Å². The highest BCUT2D eigenvalue weighted by molar-refractivity contribution is 5.93. The summed E-state index contributed by atoms with van der Waals surface area (Å²) in [6, 6.07) is 11.1. The number of methoxy groups -OCH3 is 2. The minimum atomic E-state index is -0.144. The van der Waals surface area contributed by atoms with Crippen LogP contribution in [0.3, 0.4) is 0 Å². The fourth-order valence-electron chi connectivity index (χ4n) is 3.64. The Hall–Kier alpha value is -2.57. The van der Waals surface area contributed by atoms with E-state index in [0.717, 1.165) is 34.9 Å². The zero-order chi connectivity index (χ0) is 21.1. The molecule has 0 saturated carbocycles. The van der Waals surface area contributed by atoms with E-state index in [1.807, 2.05) is 19.2 Å². The van der Waals surface area contributed by atoms with E-state index in [1.165, 1.54) is 11.1 Å². The van der Waals surface area contributed by atoms with Crippen molar-refractivity contribution in [2.24, 2.45) is 4.99 Å². The number of rotatable bonds is 7. The number of aliphatic imine (C=N–C) groups is 1. The average Bonchev–Trinajstić information content (AvgIpc) is 2.72. The van der Waals surface area contributed by atoms with Crippen molar-refractivity contribution in [1.82, 2.24) is 9.80 Å². The minimum absolute atomic E-state index is 0.144. The van der Waals surface area contributed by atoms with Gasteiger partial charge in [-0.05, 0) is 46.1 Å². The van der Waals surface area contributed by atoms with E-state index in [0.29, 0.717) is 6.04 Å². The van der Waals surface area contributed by atoms with Gasteiger partial charge in [0, 0.05) is 41.7 Å². The number of nitrogens with zero attached hydrogens (tertiary/aromatic N) is 3. The van der Waals surface area contributed by atoms with Crippen LogP contribution in [0.25, 0.3) is 0 Å². The van der Waals surface area contributed by atoms with E-state index < -0.39 is 0 Å². The summed E-state index contributed by atoms with van der Waals surface area (Å²) in [6.45, 7) is 5.04. The number of hydrogen-bond donors (Lipinski definition) is 1. The number of fused-ring (bicyclic) bond motifs is 1. The quantitative estimate of drug-likeness (QED) is 0.769. The molecule has 6 heteroatoms. The van der Waals surface area contributed by atoms with Gasteiger partial charge in [0.05, 0.1) is 14.2 Å². The Morgan fingerprint density at radius 2 is 1.90 bits per heavy atom. The fourth-order valence-corrected chi connectivity index (χ4v) is 3.64. The van der Waals surface area contributed by atoms with Gasteiger partial charge in [0.1, 0.15) is 0 Å². The maximum atomic E-state index is 5.51. The molecule has 1 N–H and O–H groups in total. The average molecular weight is 397 g/mol. The van der Waals surface area contributed by atoms with Crippen molar-refractivity contribution in [3.8, 4) is 11.5 Å². The van der Waals surface area contributed by atoms with E-state index in [4.69, 9.17) is 14.5 Å². The summed E-state index contributed by atoms with van der Waals surface area (Å²) in [5.41, 5.74) is 5.64. The molecule has 0 spiro atoms. The van der Waals surface area contributed by atoms with Crippen molar-refractivity contribution in [3.63, 3.8) is 0 Å². The SMILES string of the molecule is COc1cc2c(c(C)c1OC)C=NC(N(C)Cc1cccc(C(C)N(C)C)c1)N2. The predicted molar refractivity (Wildman–Crippen MR) is 119 cm³/mol. The molecule has 3 rings (SSSR count). The molecule has 0 aromatic heterocycles. The van der Waals surface area contributed by atoms with Crippen LogP contribution in [-0.2, 0) is 6.54 Å². The van der Waals surface area contributed by atoms with Gasteiger partial charge in [-0.3, -0.25) is 9.89 Å². The lowest BCUT2D eigenvalue weighted by molar-refractivity contribution is 0.263. The van der Waals surface area contributed by atoms with E-state index >= 15 is 0 Å². The molecule has 0 aliphatic carbocycles. The van der Waals surface area contributed by atoms with Crippen LogP contribution < -0.4 is 14.8 Å². The lowest BCUT2D eigenvalue weighted by Gasteiger charge is -2.31. The first-order chi connectivity index (χ1) is 13.8. The molecule has 2 unspecified atom stereocenters. The molecule has 0 fully saturated rings. The van der Waals surface area contributed by atoms with E-state index in [9.17, 15) is 0 Å². The summed E-state index contributed by atoms with van der Waals surface area (Å²) >= 11 is 0. The van der Waals surface area contributed by atoms with Crippen LogP contribution in [0.4, 0.5) is 5.69 Å². The molecule has 1 aliphatic heterocycles. The third-order valence-corrected chi connectivity index (χ3v) is 5.64. The smallest absolute Gasteiger partial charge is 0.176 e. The predicted octanol–water partition coefficient (Wildman–Crippen LogP) is 3.89. The van der Waals surface area contributed by atoms with Gasteiger partial charge in [0.2, 0.25) is 0 Å². The van der Waals surface area contributed by atoms with Crippen LogP contribution in [0.2, 0.25) is 0 Å². The molecule has 0 bridgehead atoms. The van der Waals surface area contributed by atoms with Gasteiger partial charge in [0.25, 0.3) is 0 Å². The van der Waals surface area contributed by atoms with Crippen molar-refractivity contribution in [2.45, 2.75) is 32.7 Å². The molecule has 29 heavy (non-hydrogen) atoms. The van der Waals surface area contributed by atoms with Crippen LogP contribution in [0.15, 0.2) is 35.3 Å². The molecule has 6 nitrogen and oxygen atoms in total. The zero-order valence-corrected chi connectivity index (χ0v) is 18.5. The van der Waals surface area contributed by atoms with Gasteiger partial charge in [-0.25, -0.2) is 0 Å². The van der Waals surface area contributed by atoms with Crippen molar-refractivity contribution in [1.29, 1.82) is 0 Å². The van der Waals surface area contributed by atoms with Crippen LogP contribution in [0.5, 0.6) is 11.5 Å². The van der Waals surface area contributed by atoms with Gasteiger partial charge in [0.15, 0.2) is 17.8 Å². The second-order valence-electron chi connectivity index (χ2n) is 7.79. The topological polar surface area (TPSA) is 49.3 Å². The van der Waals surface area contributed by atoms with Crippen molar-refractivity contribution < 1.29 is 9.47 Å². The lowest BCUT2D eigenvalue weighted by atomic mass is 10.0. The molecule has 2 aromatic rings. The van der Waals surface area contributed by atoms with Crippen molar-refractivity contribution >= 4 is 11.9 Å². The molecule has 0 radical (unpaired) electrons. The largest absolute Gasteiger partial charge is 0.493 e. The standard InChI is InChI=1S/C23H32N4O2/c1-15-19-13-24-23(25-20(19)12-21(28-6)22(15)29-7)27(5)14-17-9-8-10-18(11-17)16(2)26(3)4/h8-13,16,23,25H,14H2,1-7H3. The Kier molecular flexibility index (Phi) is 6.45. The number of hydrogen-bond acceptors (Lipinski definition) is 6. The third-order valence-electron chi connectivity index (χ3n) is 5.64. The molecule has 1 heterocycles. The first kappa shape index (κ1) is 21.1. The molecular formula is C23H32N4O2. The highest BCUT2D eigenvalue weighted by Crippen LogP contribution is 2.38. The second kappa shape index (κ2) is 8.84. The fraction of sp³-hybridized carbons (Fsp3) is 0.435. The normalized spacial score (nSPS) is 16.5. The molecular weight excluding hydrogens is 364 g/mol. The first-order valence-corrected chi connectivity index (χ1v) is 9.86. The summed E-state index contributed by atoms with van der Waals surface area (Å²) in [5.74, 6) is 1.47. The van der Waals surface area contributed by atoms with Gasteiger partial charge < -0.3 is 19.7 Å². The summed E-state index contributed by atoms with van der Waals surface area (Å²) in [7, 11) is 9.60. The first-order valence-electron chi connectivity index (χ1n) is 9.86. The number of benzene rings is 2. The Balaban J connectivity index is 1.78. The molecule has 2 atom stereocenters. The van der Waals surface area contributed by atoms with Crippen LogP contribution >= 0.6 is 0 Å². The van der Waals surface area contributed by atoms with Crippen LogP contribution in [0, 0.1) is 6.92 Å². The van der Waals surface area contributed by atoms with E-state index in [-0.39, 0.29) is 6.29 Å². The van der Waals surface area contributed by atoms with Crippen LogP contribution in [0.1, 0.15) is 35.2 Å². The molecule has 1 aliphatic rings. The van der Waals surface area contributed by atoms with Crippen molar-refractivity contribution in [3.05, 3.63) is 52.6 Å². The zero-order valence-electron chi connectivity index (χ0n) is 18.5. The maximum absolute atomic E-state index is 5.51. The second-order valence-corrected chi connectivity index (χ2v) is 7.79. The minimum Gasteiger partial charge on any atom is -0.493 e. The molecule has 156 valence electrons. The van der Waals surface area contributed by atoms with Crippen LogP contribution in [-0.4, -0.2) is 57.7 Å². The maximum Gasteiger partial charge on any atom is 0.176 e. The van der Waals surface area contributed by atoms with Gasteiger partial charge in [-0.15, -0.1) is 0 Å². The number of nitrogens with one attached hydrogen (secondary N) is 1. The van der Waals surface area contributed by atoms with Crippen molar-refractivity contribution in [2.75, 3.05) is 40.7 Å². The molecule has 0 saturated heterocycles. The van der Waals surface area contributed by atoms with Gasteiger partial charge >= 0.3 is 0 Å². The lowest BCUT2D eigenvalue weighted by Crippen LogP contribution is -2.38. The van der Waals surface area contributed by atoms with Gasteiger partial charge in [-0.2, -0.15) is 0 Å². The highest BCUT2D eigenvalue weighted by atomic mass is 16.5. The number of anilines is 1. The van der Waals surface area contributed by atoms with E-state index in [1.54, 1.807) is 14.2 Å². The summed E-state index contributed by atoms with van der Waals surface area (Å²) in [5, 5.41) is 3.52. The Morgan fingerprint density at radius 1 is 1.14 bits per heavy atom. The molecule has 0 amide bonds. The molecule has 2 aromatic carbocycles. The highest BCUT2D eigenvalue weighted by Gasteiger charge is 2.23.